The molecule has 0 radical (unpaired) electrons. The highest BCUT2D eigenvalue weighted by atomic mass is 15.2. The minimum atomic E-state index is 0.587. The number of H-pyrrole nitrogens is 1. The van der Waals surface area contributed by atoms with Gasteiger partial charge in [0.2, 0.25) is 0 Å². The lowest BCUT2D eigenvalue weighted by molar-refractivity contribution is 0.166. The van der Waals surface area contributed by atoms with Crippen molar-refractivity contribution in [3.63, 3.8) is 0 Å². The Balaban J connectivity index is 1.38. The van der Waals surface area contributed by atoms with Crippen molar-refractivity contribution >= 4 is 11.6 Å². The van der Waals surface area contributed by atoms with Crippen molar-refractivity contribution in [2.75, 3.05) is 18.4 Å². The molecule has 0 aromatic carbocycles. The highest BCUT2D eigenvalue weighted by Crippen LogP contribution is 2.23. The van der Waals surface area contributed by atoms with Gasteiger partial charge in [0, 0.05) is 61.0 Å². The van der Waals surface area contributed by atoms with E-state index >= 15 is 0 Å². The summed E-state index contributed by atoms with van der Waals surface area (Å²) in [6.07, 6.45) is 8.21. The molecule has 3 aromatic rings. The predicted molar refractivity (Wildman–Crippen MR) is 116 cm³/mol. The number of likely N-dealkylation sites (tertiary alicyclic amines) is 1. The zero-order chi connectivity index (χ0) is 20.9. The molecule has 0 spiro atoms. The number of hydrogen-bond donors (Lipinski definition) is 2. The first kappa shape index (κ1) is 20.4. The molecule has 1 atom stereocenters. The van der Waals surface area contributed by atoms with E-state index in [4.69, 9.17) is 0 Å². The van der Waals surface area contributed by atoms with Gasteiger partial charge in [0.15, 0.2) is 5.82 Å². The van der Waals surface area contributed by atoms with E-state index in [1.54, 1.807) is 0 Å². The number of anilines is 2. The van der Waals surface area contributed by atoms with E-state index in [9.17, 15) is 0 Å². The van der Waals surface area contributed by atoms with Crippen molar-refractivity contribution in [1.29, 1.82) is 0 Å². The molecular formula is C22H30N8. The molecule has 8 heteroatoms. The Kier molecular flexibility index (Phi) is 6.32. The molecule has 1 aliphatic heterocycles. The molecule has 158 valence electrons. The number of hydrogen-bond acceptors (Lipinski definition) is 7. The molecule has 0 unspecified atom stereocenters. The van der Waals surface area contributed by atoms with E-state index in [1.807, 2.05) is 38.4 Å². The summed E-state index contributed by atoms with van der Waals surface area (Å²) in [5.41, 5.74) is 3.28. The maximum Gasteiger partial charge on any atom is 0.153 e. The number of aryl methyl sites for hydroxylation is 3. The lowest BCUT2D eigenvalue weighted by atomic mass is 9.93. The second-order valence-electron chi connectivity index (χ2n) is 8.16. The molecule has 1 saturated heterocycles. The van der Waals surface area contributed by atoms with Crippen LogP contribution in [0, 0.1) is 19.8 Å². The minimum absolute atomic E-state index is 0.587. The zero-order valence-electron chi connectivity index (χ0n) is 18.0. The average molecular weight is 407 g/mol. The van der Waals surface area contributed by atoms with Crippen LogP contribution >= 0.6 is 0 Å². The average Bonchev–Trinajstić information content (AvgIpc) is 3.13. The molecule has 0 amide bonds. The second-order valence-corrected chi connectivity index (χ2v) is 8.16. The maximum atomic E-state index is 4.69. The van der Waals surface area contributed by atoms with Crippen LogP contribution in [0.4, 0.5) is 11.6 Å². The second kappa shape index (κ2) is 9.30. The highest BCUT2D eigenvalue weighted by Gasteiger charge is 2.21. The Bertz CT molecular complexity index is 966. The Hall–Kier alpha value is -2.87. The third-order valence-electron chi connectivity index (χ3n) is 5.44. The van der Waals surface area contributed by atoms with Gasteiger partial charge in [-0.15, -0.1) is 0 Å². The van der Waals surface area contributed by atoms with Gasteiger partial charge >= 0.3 is 0 Å². The van der Waals surface area contributed by atoms with Crippen LogP contribution in [0.25, 0.3) is 0 Å². The fourth-order valence-electron chi connectivity index (χ4n) is 4.07. The van der Waals surface area contributed by atoms with Crippen LogP contribution in [-0.2, 0) is 19.4 Å². The molecular weight excluding hydrogens is 376 g/mol. The fraction of sp³-hybridized carbons (Fsp3) is 0.500. The van der Waals surface area contributed by atoms with Gasteiger partial charge < -0.3 is 5.32 Å². The van der Waals surface area contributed by atoms with Crippen molar-refractivity contribution in [2.24, 2.45) is 5.92 Å². The van der Waals surface area contributed by atoms with Crippen LogP contribution < -0.4 is 5.32 Å². The van der Waals surface area contributed by atoms with Crippen LogP contribution in [0.2, 0.25) is 0 Å². The van der Waals surface area contributed by atoms with E-state index in [0.29, 0.717) is 5.92 Å². The SMILES string of the molecule is CCc1ncc(CN2CCC[C@@H](Cc3cc(Nc4cc(C)[nH]n4)nc(C)n3)C2)cn1. The van der Waals surface area contributed by atoms with Gasteiger partial charge in [-0.3, -0.25) is 10.00 Å². The predicted octanol–water partition coefficient (Wildman–Crippen LogP) is 3.37. The van der Waals surface area contributed by atoms with Gasteiger partial charge in [0.25, 0.3) is 0 Å². The third kappa shape index (κ3) is 5.38. The molecule has 1 fully saturated rings. The molecule has 1 aliphatic rings. The minimum Gasteiger partial charge on any atom is -0.323 e. The molecule has 0 bridgehead atoms. The number of aromatic nitrogens is 6. The van der Waals surface area contributed by atoms with Crippen LogP contribution in [0.3, 0.4) is 0 Å². The smallest absolute Gasteiger partial charge is 0.153 e. The van der Waals surface area contributed by atoms with Gasteiger partial charge in [-0.1, -0.05) is 6.92 Å². The summed E-state index contributed by atoms with van der Waals surface area (Å²) >= 11 is 0. The van der Waals surface area contributed by atoms with Crippen molar-refractivity contribution in [2.45, 2.75) is 53.0 Å². The number of rotatable bonds is 7. The van der Waals surface area contributed by atoms with E-state index in [0.717, 1.165) is 67.1 Å². The fourth-order valence-corrected chi connectivity index (χ4v) is 4.07. The van der Waals surface area contributed by atoms with E-state index < -0.39 is 0 Å². The Morgan fingerprint density at radius 2 is 1.97 bits per heavy atom. The Morgan fingerprint density at radius 3 is 2.70 bits per heavy atom. The molecule has 0 saturated carbocycles. The molecule has 4 rings (SSSR count). The van der Waals surface area contributed by atoms with Gasteiger partial charge in [0.1, 0.15) is 17.5 Å². The molecule has 8 nitrogen and oxygen atoms in total. The lowest BCUT2D eigenvalue weighted by Gasteiger charge is -2.32. The normalized spacial score (nSPS) is 17.2. The number of aromatic amines is 1. The monoisotopic (exact) mass is 406 g/mol. The summed E-state index contributed by atoms with van der Waals surface area (Å²) in [5.74, 6) is 3.85. The number of nitrogens with zero attached hydrogens (tertiary/aromatic N) is 6. The summed E-state index contributed by atoms with van der Waals surface area (Å²) in [5, 5.41) is 10.5. The standard InChI is InChI=1S/C22H30N8/c1-4-20-23-11-18(12-24-20)14-30-7-5-6-17(13-30)9-19-10-21(26-16(3)25-19)27-22-8-15(2)28-29-22/h8,10-12,17H,4-7,9,13-14H2,1-3H3,(H2,25,26,27,28,29)/t17-/m0/s1. The summed E-state index contributed by atoms with van der Waals surface area (Å²) in [6.45, 7) is 9.11. The zero-order valence-corrected chi connectivity index (χ0v) is 18.0. The molecule has 3 aromatic heterocycles. The Morgan fingerprint density at radius 1 is 1.13 bits per heavy atom. The highest BCUT2D eigenvalue weighted by molar-refractivity contribution is 5.52. The van der Waals surface area contributed by atoms with E-state index in [1.165, 1.54) is 18.4 Å². The van der Waals surface area contributed by atoms with Gasteiger partial charge in [-0.25, -0.2) is 19.9 Å². The first-order valence-electron chi connectivity index (χ1n) is 10.7. The van der Waals surface area contributed by atoms with Crippen LogP contribution in [0.5, 0.6) is 0 Å². The molecule has 4 heterocycles. The summed E-state index contributed by atoms with van der Waals surface area (Å²) < 4.78 is 0. The van der Waals surface area contributed by atoms with Crippen LogP contribution in [0.1, 0.15) is 48.4 Å². The summed E-state index contributed by atoms with van der Waals surface area (Å²) in [6, 6.07) is 4.01. The lowest BCUT2D eigenvalue weighted by Crippen LogP contribution is -2.36. The summed E-state index contributed by atoms with van der Waals surface area (Å²) in [7, 11) is 0. The first-order chi connectivity index (χ1) is 14.6. The van der Waals surface area contributed by atoms with Gasteiger partial charge in [-0.2, -0.15) is 5.10 Å². The van der Waals surface area contributed by atoms with Crippen molar-refractivity contribution in [3.05, 3.63) is 53.1 Å². The number of piperidine rings is 1. The van der Waals surface area contributed by atoms with Crippen LogP contribution in [0.15, 0.2) is 24.5 Å². The topological polar surface area (TPSA) is 95.5 Å². The molecule has 30 heavy (non-hydrogen) atoms. The maximum absolute atomic E-state index is 4.69. The summed E-state index contributed by atoms with van der Waals surface area (Å²) in [4.78, 5) is 20.6. The quantitative estimate of drug-likeness (QED) is 0.621. The molecule has 0 aliphatic carbocycles. The first-order valence-corrected chi connectivity index (χ1v) is 10.7. The molecule has 2 N–H and O–H groups in total. The van der Waals surface area contributed by atoms with Crippen molar-refractivity contribution in [3.8, 4) is 0 Å². The van der Waals surface area contributed by atoms with E-state index in [-0.39, 0.29) is 0 Å². The van der Waals surface area contributed by atoms with Crippen molar-refractivity contribution < 1.29 is 0 Å². The van der Waals surface area contributed by atoms with Crippen molar-refractivity contribution in [1.82, 2.24) is 35.0 Å². The van der Waals surface area contributed by atoms with Gasteiger partial charge in [0.05, 0.1) is 0 Å². The van der Waals surface area contributed by atoms with Crippen LogP contribution in [-0.4, -0.2) is 48.1 Å². The number of nitrogens with one attached hydrogen (secondary N) is 2. The van der Waals surface area contributed by atoms with Gasteiger partial charge in [-0.05, 0) is 45.6 Å². The third-order valence-corrected chi connectivity index (χ3v) is 5.44. The Labute approximate surface area is 177 Å². The largest absolute Gasteiger partial charge is 0.323 e. The van der Waals surface area contributed by atoms with E-state index in [2.05, 4.69) is 47.3 Å².